The molecule has 0 spiro atoms. The van der Waals surface area contributed by atoms with Crippen LogP contribution >= 0.6 is 22.7 Å². The Morgan fingerprint density at radius 2 is 2.18 bits per heavy atom. The molecule has 3 heterocycles. The quantitative estimate of drug-likeness (QED) is 0.933. The number of carbonyl (C=O) groups is 1. The predicted molar refractivity (Wildman–Crippen MR) is 92.1 cm³/mol. The van der Waals surface area contributed by atoms with E-state index in [0.717, 1.165) is 37.6 Å². The van der Waals surface area contributed by atoms with Gasteiger partial charge in [-0.05, 0) is 24.4 Å². The summed E-state index contributed by atoms with van der Waals surface area (Å²) in [5.74, 6) is 0. The minimum absolute atomic E-state index is 0.0408. The molecule has 7 heteroatoms. The van der Waals surface area contributed by atoms with E-state index in [-0.39, 0.29) is 6.03 Å². The number of piperazine rings is 1. The highest BCUT2D eigenvalue weighted by atomic mass is 32.1. The molecule has 2 aromatic rings. The minimum atomic E-state index is 0.0408. The summed E-state index contributed by atoms with van der Waals surface area (Å²) in [6.07, 6.45) is 2.69. The second kappa shape index (κ2) is 7.11. The topological polar surface area (TPSA) is 48.5 Å². The molecule has 2 aromatic heterocycles. The maximum absolute atomic E-state index is 12.2. The van der Waals surface area contributed by atoms with Crippen LogP contribution in [0.1, 0.15) is 9.88 Å². The molecule has 0 saturated carbocycles. The van der Waals surface area contributed by atoms with Crippen molar-refractivity contribution < 1.29 is 4.79 Å². The number of nitrogens with zero attached hydrogens (tertiary/aromatic N) is 3. The fraction of sp³-hybridized carbons (Fsp3) is 0.467. The Balaban J connectivity index is 1.40. The SMILES string of the molecule is Cc1cnc(CCNC(=O)N2CCN(c3cccs3)CC2)s1. The van der Waals surface area contributed by atoms with Crippen molar-refractivity contribution in [2.45, 2.75) is 13.3 Å². The number of hydrogen-bond acceptors (Lipinski definition) is 5. The number of hydrogen-bond donors (Lipinski definition) is 1. The second-order valence-corrected chi connectivity index (χ2v) is 7.52. The largest absolute Gasteiger partial charge is 0.360 e. The van der Waals surface area contributed by atoms with E-state index >= 15 is 0 Å². The van der Waals surface area contributed by atoms with Crippen LogP contribution in [-0.2, 0) is 6.42 Å². The maximum atomic E-state index is 12.2. The van der Waals surface area contributed by atoms with Gasteiger partial charge in [-0.15, -0.1) is 22.7 Å². The molecule has 1 aliphatic heterocycles. The van der Waals surface area contributed by atoms with Gasteiger partial charge < -0.3 is 15.1 Å². The lowest BCUT2D eigenvalue weighted by molar-refractivity contribution is 0.194. The first kappa shape index (κ1) is 15.3. The standard InChI is InChI=1S/C15H20N4OS2/c1-12-11-17-13(22-12)4-5-16-15(20)19-8-6-18(7-9-19)14-3-2-10-21-14/h2-3,10-11H,4-9H2,1H3,(H,16,20). The van der Waals surface area contributed by atoms with Gasteiger partial charge in [0, 0.05) is 50.2 Å². The number of rotatable bonds is 4. The molecule has 0 unspecified atom stereocenters. The molecule has 3 rings (SSSR count). The van der Waals surface area contributed by atoms with Crippen LogP contribution in [0.2, 0.25) is 0 Å². The number of thiophene rings is 1. The summed E-state index contributed by atoms with van der Waals surface area (Å²) in [5.41, 5.74) is 0. The molecule has 118 valence electrons. The number of urea groups is 1. The van der Waals surface area contributed by atoms with Crippen molar-refractivity contribution >= 4 is 33.7 Å². The number of aromatic nitrogens is 1. The van der Waals surface area contributed by atoms with Crippen molar-refractivity contribution in [3.63, 3.8) is 0 Å². The summed E-state index contributed by atoms with van der Waals surface area (Å²) in [5, 5.41) is 7.46. The second-order valence-electron chi connectivity index (χ2n) is 5.27. The lowest BCUT2D eigenvalue weighted by Gasteiger charge is -2.35. The van der Waals surface area contributed by atoms with Crippen molar-refractivity contribution in [3.8, 4) is 0 Å². The number of carbonyl (C=O) groups excluding carboxylic acids is 1. The van der Waals surface area contributed by atoms with E-state index in [4.69, 9.17) is 0 Å². The normalized spacial score (nSPS) is 15.1. The van der Waals surface area contributed by atoms with Crippen LogP contribution in [-0.4, -0.2) is 48.6 Å². The van der Waals surface area contributed by atoms with Gasteiger partial charge >= 0.3 is 6.03 Å². The summed E-state index contributed by atoms with van der Waals surface area (Å²) in [6.45, 7) is 6.06. The summed E-state index contributed by atoms with van der Waals surface area (Å²) < 4.78 is 0. The predicted octanol–water partition coefficient (Wildman–Crippen LogP) is 2.59. The fourth-order valence-electron chi connectivity index (χ4n) is 2.48. The molecule has 1 saturated heterocycles. The van der Waals surface area contributed by atoms with Gasteiger partial charge in [-0.3, -0.25) is 0 Å². The monoisotopic (exact) mass is 336 g/mol. The smallest absolute Gasteiger partial charge is 0.317 e. The number of amides is 2. The Morgan fingerprint density at radius 3 is 2.82 bits per heavy atom. The Bertz CT molecular complexity index is 603. The van der Waals surface area contributed by atoms with E-state index in [9.17, 15) is 4.79 Å². The van der Waals surface area contributed by atoms with Gasteiger partial charge in [0.05, 0.1) is 10.0 Å². The molecule has 1 N–H and O–H groups in total. The highest BCUT2D eigenvalue weighted by Crippen LogP contribution is 2.22. The van der Waals surface area contributed by atoms with Crippen LogP contribution < -0.4 is 10.2 Å². The zero-order chi connectivity index (χ0) is 15.4. The summed E-state index contributed by atoms with van der Waals surface area (Å²) in [6, 6.07) is 4.25. The van der Waals surface area contributed by atoms with E-state index in [2.05, 4.69) is 32.7 Å². The van der Waals surface area contributed by atoms with Gasteiger partial charge in [0.25, 0.3) is 0 Å². The molecule has 5 nitrogen and oxygen atoms in total. The lowest BCUT2D eigenvalue weighted by Crippen LogP contribution is -2.52. The average Bonchev–Trinajstić information content (AvgIpc) is 3.19. The maximum Gasteiger partial charge on any atom is 0.317 e. The molecular formula is C15H20N4OS2. The Labute approximate surface area is 138 Å². The number of anilines is 1. The van der Waals surface area contributed by atoms with Crippen LogP contribution in [0.3, 0.4) is 0 Å². The number of nitrogens with one attached hydrogen (secondary N) is 1. The minimum Gasteiger partial charge on any atom is -0.360 e. The summed E-state index contributed by atoms with van der Waals surface area (Å²) in [7, 11) is 0. The van der Waals surface area contributed by atoms with E-state index in [0.29, 0.717) is 6.54 Å². The van der Waals surface area contributed by atoms with Crippen LogP contribution in [0, 0.1) is 6.92 Å². The van der Waals surface area contributed by atoms with Gasteiger partial charge in [-0.2, -0.15) is 0 Å². The highest BCUT2D eigenvalue weighted by Gasteiger charge is 2.21. The van der Waals surface area contributed by atoms with E-state index in [1.807, 2.05) is 18.0 Å². The molecule has 1 fully saturated rings. The summed E-state index contributed by atoms with van der Waals surface area (Å²) >= 11 is 3.45. The third-order valence-electron chi connectivity index (χ3n) is 3.67. The molecule has 0 bridgehead atoms. The van der Waals surface area contributed by atoms with Crippen LogP contribution in [0.25, 0.3) is 0 Å². The molecule has 2 amide bonds. The zero-order valence-corrected chi connectivity index (χ0v) is 14.3. The van der Waals surface area contributed by atoms with Gasteiger partial charge in [-0.1, -0.05) is 0 Å². The van der Waals surface area contributed by atoms with Crippen molar-refractivity contribution in [1.29, 1.82) is 0 Å². The number of aryl methyl sites for hydroxylation is 1. The lowest BCUT2D eigenvalue weighted by atomic mass is 10.3. The molecule has 0 radical (unpaired) electrons. The summed E-state index contributed by atoms with van der Waals surface area (Å²) in [4.78, 5) is 21.9. The van der Waals surface area contributed by atoms with Gasteiger partial charge in [0.15, 0.2) is 0 Å². The molecule has 22 heavy (non-hydrogen) atoms. The third kappa shape index (κ3) is 3.78. The Morgan fingerprint density at radius 1 is 1.36 bits per heavy atom. The van der Waals surface area contributed by atoms with Crippen molar-refractivity contribution in [2.24, 2.45) is 0 Å². The van der Waals surface area contributed by atoms with E-state index in [1.165, 1.54) is 9.88 Å². The molecule has 0 atom stereocenters. The average molecular weight is 336 g/mol. The van der Waals surface area contributed by atoms with Crippen molar-refractivity contribution in [1.82, 2.24) is 15.2 Å². The third-order valence-corrected chi connectivity index (χ3v) is 5.57. The highest BCUT2D eigenvalue weighted by molar-refractivity contribution is 7.14. The number of thiazole rings is 1. The van der Waals surface area contributed by atoms with Gasteiger partial charge in [0.2, 0.25) is 0 Å². The van der Waals surface area contributed by atoms with Gasteiger partial charge in [0.1, 0.15) is 0 Å². The molecule has 1 aliphatic rings. The molecular weight excluding hydrogens is 316 g/mol. The van der Waals surface area contributed by atoms with Crippen molar-refractivity contribution in [3.05, 3.63) is 33.6 Å². The first-order valence-electron chi connectivity index (χ1n) is 7.45. The Kier molecular flexibility index (Phi) is 4.94. The van der Waals surface area contributed by atoms with E-state index in [1.54, 1.807) is 22.7 Å². The fourth-order valence-corrected chi connectivity index (χ4v) is 4.06. The van der Waals surface area contributed by atoms with Gasteiger partial charge in [-0.25, -0.2) is 9.78 Å². The molecule has 0 aromatic carbocycles. The first-order valence-corrected chi connectivity index (χ1v) is 9.14. The van der Waals surface area contributed by atoms with Crippen LogP contribution in [0.15, 0.2) is 23.7 Å². The van der Waals surface area contributed by atoms with Crippen LogP contribution in [0.5, 0.6) is 0 Å². The zero-order valence-electron chi connectivity index (χ0n) is 12.6. The van der Waals surface area contributed by atoms with Crippen molar-refractivity contribution in [2.75, 3.05) is 37.6 Å². The van der Waals surface area contributed by atoms with Crippen LogP contribution in [0.4, 0.5) is 9.80 Å². The Hall–Kier alpha value is -1.60. The molecule has 0 aliphatic carbocycles. The van der Waals surface area contributed by atoms with E-state index < -0.39 is 0 Å². The first-order chi connectivity index (χ1) is 10.7.